The molecule has 2 aromatic rings. The van der Waals surface area contributed by atoms with Gasteiger partial charge in [0.05, 0.1) is 6.54 Å². The molecule has 4 amide bonds. The molecule has 0 bridgehead atoms. The van der Waals surface area contributed by atoms with Crippen LogP contribution in [0, 0.1) is 6.92 Å². The van der Waals surface area contributed by atoms with Crippen LogP contribution in [0.3, 0.4) is 0 Å². The molecule has 1 atom stereocenters. The van der Waals surface area contributed by atoms with E-state index in [1.807, 2.05) is 6.92 Å². The van der Waals surface area contributed by atoms with Gasteiger partial charge in [-0.15, -0.1) is 0 Å². The van der Waals surface area contributed by atoms with Gasteiger partial charge in [-0.25, -0.2) is 9.78 Å². The number of amides is 4. The number of halogens is 1. The number of likely N-dealkylation sites (N-methyl/N-ethyl adjacent to an activating group) is 2. The zero-order chi connectivity index (χ0) is 30.8. The van der Waals surface area contributed by atoms with E-state index >= 15 is 0 Å². The van der Waals surface area contributed by atoms with Gasteiger partial charge in [-0.1, -0.05) is 23.7 Å². The first-order valence-electron chi connectivity index (χ1n) is 12.8. The number of aromatic hydroxyl groups is 1. The Hall–Kier alpha value is -4.13. The summed E-state index contributed by atoms with van der Waals surface area (Å²) in [6.45, 7) is 6.62. The molecule has 1 aliphatic heterocycles. The number of hydrogen-bond donors (Lipinski definition) is 2. The molecule has 0 spiro atoms. The van der Waals surface area contributed by atoms with Gasteiger partial charge in [-0.2, -0.15) is 0 Å². The highest BCUT2D eigenvalue weighted by atomic mass is 35.5. The van der Waals surface area contributed by atoms with Gasteiger partial charge in [0.25, 0.3) is 11.5 Å². The maximum absolute atomic E-state index is 13.3. The van der Waals surface area contributed by atoms with Crippen molar-refractivity contribution in [3.8, 4) is 5.75 Å². The molecule has 1 aliphatic rings. The third-order valence-electron chi connectivity index (χ3n) is 6.39. The summed E-state index contributed by atoms with van der Waals surface area (Å²) in [5.74, 6) is -3.59. The minimum atomic E-state index is -1.14. The van der Waals surface area contributed by atoms with Crippen molar-refractivity contribution in [3.63, 3.8) is 0 Å². The van der Waals surface area contributed by atoms with Gasteiger partial charge in [-0.3, -0.25) is 23.7 Å². The topological polar surface area (TPSA) is 154 Å². The first-order chi connectivity index (χ1) is 19.0. The fourth-order valence-corrected chi connectivity index (χ4v) is 4.28. The lowest BCUT2D eigenvalue weighted by Crippen LogP contribution is -2.47. The lowest BCUT2D eigenvalue weighted by molar-refractivity contribution is -0.151. The molecule has 0 saturated carbocycles. The normalized spacial score (nSPS) is 14.9. The van der Waals surface area contributed by atoms with Crippen molar-refractivity contribution < 1.29 is 29.0 Å². The lowest BCUT2D eigenvalue weighted by atomic mass is 10.1. The molecule has 2 heterocycles. The SMILES string of the molecule is Cc1ccc(CNC(=O)c2nc3n(c(=O)c2O)CCN(C(=O)OC(C)(C)C)CC3N(C)C(=O)C(=O)N(C)C)cc1Cl. The maximum Gasteiger partial charge on any atom is 0.410 e. The highest BCUT2D eigenvalue weighted by Crippen LogP contribution is 2.26. The second-order valence-electron chi connectivity index (χ2n) is 10.9. The van der Waals surface area contributed by atoms with Crippen LogP contribution >= 0.6 is 11.6 Å². The van der Waals surface area contributed by atoms with Crippen molar-refractivity contribution in [2.24, 2.45) is 0 Å². The summed E-state index contributed by atoms with van der Waals surface area (Å²) >= 11 is 6.16. The standard InChI is InChI=1S/C27H35ClN6O7/c1-15-8-9-16(12-17(15)28)13-29-22(36)19-20(35)23(37)34-11-10-33(26(40)41-27(2,3)4)14-18(21(34)30-19)32(7)25(39)24(38)31(5)6/h8-9,12,18,35H,10-11,13-14H2,1-7H3,(H,29,36). The van der Waals surface area contributed by atoms with Crippen molar-refractivity contribution in [2.75, 3.05) is 34.2 Å². The van der Waals surface area contributed by atoms with E-state index < -0.39 is 52.5 Å². The summed E-state index contributed by atoms with van der Waals surface area (Å²) in [4.78, 5) is 72.7. The molecule has 0 fully saturated rings. The van der Waals surface area contributed by atoms with Crippen molar-refractivity contribution in [1.82, 2.24) is 29.6 Å². The van der Waals surface area contributed by atoms with Crippen molar-refractivity contribution in [1.29, 1.82) is 0 Å². The van der Waals surface area contributed by atoms with Crippen molar-refractivity contribution >= 4 is 35.4 Å². The number of fused-ring (bicyclic) bond motifs is 1. The quantitative estimate of drug-likeness (QED) is 0.510. The Bertz CT molecular complexity index is 1430. The van der Waals surface area contributed by atoms with E-state index in [2.05, 4.69) is 10.3 Å². The first-order valence-corrected chi connectivity index (χ1v) is 13.2. The number of carbonyl (C=O) groups is 4. The smallest absolute Gasteiger partial charge is 0.410 e. The zero-order valence-corrected chi connectivity index (χ0v) is 24.9. The van der Waals surface area contributed by atoms with E-state index in [0.29, 0.717) is 10.6 Å². The monoisotopic (exact) mass is 590 g/mol. The Morgan fingerprint density at radius 2 is 1.80 bits per heavy atom. The molecule has 3 rings (SSSR count). The second kappa shape index (κ2) is 12.2. The Kier molecular flexibility index (Phi) is 9.32. The molecule has 222 valence electrons. The molecule has 2 N–H and O–H groups in total. The summed E-state index contributed by atoms with van der Waals surface area (Å²) in [6, 6.07) is 4.10. The number of aryl methyl sites for hydroxylation is 1. The highest BCUT2D eigenvalue weighted by molar-refractivity contribution is 6.34. The average molecular weight is 591 g/mol. The van der Waals surface area contributed by atoms with Crippen LogP contribution in [0.5, 0.6) is 5.75 Å². The minimum Gasteiger partial charge on any atom is -0.501 e. The predicted molar refractivity (Wildman–Crippen MR) is 150 cm³/mol. The number of hydrogen-bond acceptors (Lipinski definition) is 8. The van der Waals surface area contributed by atoms with E-state index in [0.717, 1.165) is 19.9 Å². The fraction of sp³-hybridized carbons (Fsp3) is 0.481. The van der Waals surface area contributed by atoms with Gasteiger partial charge in [0, 0.05) is 45.8 Å². The number of carbonyl (C=O) groups excluding carboxylic acids is 4. The van der Waals surface area contributed by atoms with Crippen LogP contribution in [0.1, 0.15) is 54.3 Å². The van der Waals surface area contributed by atoms with Gasteiger partial charge < -0.3 is 29.9 Å². The number of rotatable bonds is 4. The lowest BCUT2D eigenvalue weighted by Gasteiger charge is -2.32. The summed E-state index contributed by atoms with van der Waals surface area (Å²) in [6.07, 6.45) is -0.706. The van der Waals surface area contributed by atoms with Gasteiger partial charge in [0.15, 0.2) is 5.69 Å². The summed E-state index contributed by atoms with van der Waals surface area (Å²) in [5, 5.41) is 13.8. The number of aromatic nitrogens is 2. The van der Waals surface area contributed by atoms with E-state index in [1.165, 1.54) is 26.0 Å². The third-order valence-corrected chi connectivity index (χ3v) is 6.80. The molecular weight excluding hydrogens is 556 g/mol. The maximum atomic E-state index is 13.3. The Morgan fingerprint density at radius 3 is 2.39 bits per heavy atom. The molecule has 0 radical (unpaired) electrons. The molecule has 14 heteroatoms. The van der Waals surface area contributed by atoms with Gasteiger partial charge >= 0.3 is 17.9 Å². The first kappa shape index (κ1) is 31.4. The van der Waals surface area contributed by atoms with Gasteiger partial charge in [0.2, 0.25) is 5.75 Å². The second-order valence-corrected chi connectivity index (χ2v) is 11.4. The Labute approximate surface area is 242 Å². The van der Waals surface area contributed by atoms with Crippen LogP contribution in [0.15, 0.2) is 23.0 Å². The minimum absolute atomic E-state index is 0.0250. The Balaban J connectivity index is 2.04. The van der Waals surface area contributed by atoms with E-state index in [1.54, 1.807) is 39.0 Å². The Morgan fingerprint density at radius 1 is 1.15 bits per heavy atom. The largest absolute Gasteiger partial charge is 0.501 e. The van der Waals surface area contributed by atoms with Crippen LogP contribution in [0.25, 0.3) is 0 Å². The van der Waals surface area contributed by atoms with E-state index in [9.17, 15) is 29.1 Å². The summed E-state index contributed by atoms with van der Waals surface area (Å²) in [5.41, 5.74) is -0.783. The molecule has 1 aromatic carbocycles. The van der Waals surface area contributed by atoms with Crippen LogP contribution in [0.2, 0.25) is 5.02 Å². The van der Waals surface area contributed by atoms with Crippen molar-refractivity contribution in [3.05, 3.63) is 56.2 Å². The molecule has 0 aliphatic carbocycles. The number of ether oxygens (including phenoxy) is 1. The van der Waals surface area contributed by atoms with E-state index in [-0.39, 0.29) is 32.0 Å². The molecule has 41 heavy (non-hydrogen) atoms. The summed E-state index contributed by atoms with van der Waals surface area (Å²) in [7, 11) is 4.15. The van der Waals surface area contributed by atoms with Crippen LogP contribution < -0.4 is 10.9 Å². The molecule has 1 unspecified atom stereocenters. The molecule has 1 aromatic heterocycles. The molecule has 0 saturated heterocycles. The van der Waals surface area contributed by atoms with Crippen LogP contribution in [-0.4, -0.2) is 93.0 Å². The zero-order valence-electron chi connectivity index (χ0n) is 24.1. The van der Waals surface area contributed by atoms with Crippen LogP contribution in [-0.2, 0) is 27.4 Å². The molecular formula is C27H35ClN6O7. The summed E-state index contributed by atoms with van der Waals surface area (Å²) < 4.78 is 6.58. The highest BCUT2D eigenvalue weighted by Gasteiger charge is 2.38. The van der Waals surface area contributed by atoms with Gasteiger partial charge in [-0.05, 0) is 44.9 Å². The fourth-order valence-electron chi connectivity index (χ4n) is 4.08. The number of nitrogens with one attached hydrogen (secondary N) is 1. The molecule has 13 nitrogen and oxygen atoms in total. The third kappa shape index (κ3) is 7.15. The number of nitrogens with zero attached hydrogens (tertiary/aromatic N) is 5. The van der Waals surface area contributed by atoms with Crippen molar-refractivity contribution in [2.45, 2.75) is 52.4 Å². The van der Waals surface area contributed by atoms with E-state index in [4.69, 9.17) is 16.3 Å². The average Bonchev–Trinajstić information content (AvgIpc) is 3.09. The predicted octanol–water partition coefficient (Wildman–Crippen LogP) is 1.68. The van der Waals surface area contributed by atoms with Crippen LogP contribution in [0.4, 0.5) is 4.79 Å². The van der Waals surface area contributed by atoms with Gasteiger partial charge in [0.1, 0.15) is 17.5 Å². The number of benzene rings is 1.